The van der Waals surface area contributed by atoms with Gasteiger partial charge in [-0.1, -0.05) is 51.3 Å². The van der Waals surface area contributed by atoms with Crippen LogP contribution < -0.4 is 10.1 Å². The summed E-state index contributed by atoms with van der Waals surface area (Å²) >= 11 is 15.6. The molecule has 0 heterocycles. The van der Waals surface area contributed by atoms with Gasteiger partial charge in [-0.25, -0.2) is 0 Å². The highest BCUT2D eigenvalue weighted by Gasteiger charge is 2.07. The van der Waals surface area contributed by atoms with Gasteiger partial charge in [-0.2, -0.15) is 0 Å². The van der Waals surface area contributed by atoms with Crippen molar-refractivity contribution in [3.8, 4) is 5.75 Å². The topological polar surface area (TPSA) is 21.3 Å². The van der Waals surface area contributed by atoms with Gasteiger partial charge in [0.15, 0.2) is 0 Å². The Morgan fingerprint density at radius 3 is 2.65 bits per heavy atom. The number of rotatable bonds is 5. The molecule has 0 aromatic heterocycles. The maximum Gasteiger partial charge on any atom is 0.124 e. The van der Waals surface area contributed by atoms with Crippen molar-refractivity contribution < 1.29 is 4.74 Å². The fourth-order valence-corrected chi connectivity index (χ4v) is 2.94. The minimum absolute atomic E-state index is 0.637. The molecule has 0 aliphatic rings. The maximum absolute atomic E-state index is 6.20. The zero-order valence-electron chi connectivity index (χ0n) is 10.9. The van der Waals surface area contributed by atoms with Crippen LogP contribution in [0.3, 0.4) is 0 Å². The standard InChI is InChI=1S/C15H14BrCl2NO/c1-20-15-4-2-3-14(18)12(15)9-19-8-10-5-6-11(17)7-13(10)16/h2-7,19H,8-9H2,1H3. The molecule has 0 aliphatic carbocycles. The summed E-state index contributed by atoms with van der Waals surface area (Å²) in [6, 6.07) is 11.4. The quantitative estimate of drug-likeness (QED) is 0.790. The van der Waals surface area contributed by atoms with E-state index in [-0.39, 0.29) is 0 Å². The normalized spacial score (nSPS) is 10.6. The van der Waals surface area contributed by atoms with Gasteiger partial charge in [0.2, 0.25) is 0 Å². The van der Waals surface area contributed by atoms with Gasteiger partial charge < -0.3 is 10.1 Å². The highest BCUT2D eigenvalue weighted by Crippen LogP contribution is 2.26. The van der Waals surface area contributed by atoms with Crippen LogP contribution in [0.15, 0.2) is 40.9 Å². The molecule has 1 N–H and O–H groups in total. The van der Waals surface area contributed by atoms with E-state index in [1.165, 1.54) is 0 Å². The molecule has 0 atom stereocenters. The van der Waals surface area contributed by atoms with Crippen LogP contribution in [-0.4, -0.2) is 7.11 Å². The number of nitrogens with one attached hydrogen (secondary N) is 1. The first-order valence-corrected chi connectivity index (χ1v) is 7.62. The Balaban J connectivity index is 2.03. The van der Waals surface area contributed by atoms with Gasteiger partial charge in [-0.05, 0) is 29.8 Å². The first kappa shape index (κ1) is 15.6. The van der Waals surface area contributed by atoms with E-state index in [0.29, 0.717) is 23.1 Å². The predicted molar refractivity (Wildman–Crippen MR) is 87.7 cm³/mol. The van der Waals surface area contributed by atoms with Crippen molar-refractivity contribution in [1.29, 1.82) is 0 Å². The zero-order valence-corrected chi connectivity index (χ0v) is 14.0. The van der Waals surface area contributed by atoms with Gasteiger partial charge in [0, 0.05) is 33.2 Å². The largest absolute Gasteiger partial charge is 0.496 e. The number of benzene rings is 2. The minimum Gasteiger partial charge on any atom is -0.496 e. The molecule has 0 amide bonds. The summed E-state index contributed by atoms with van der Waals surface area (Å²) < 4.78 is 6.31. The average Bonchev–Trinajstić information content (AvgIpc) is 2.42. The third kappa shape index (κ3) is 3.89. The Morgan fingerprint density at radius 1 is 1.15 bits per heavy atom. The van der Waals surface area contributed by atoms with Crippen molar-refractivity contribution in [2.24, 2.45) is 0 Å². The van der Waals surface area contributed by atoms with Crippen LogP contribution in [0, 0.1) is 0 Å². The maximum atomic E-state index is 6.20. The SMILES string of the molecule is COc1cccc(Cl)c1CNCc1ccc(Cl)cc1Br. The van der Waals surface area contributed by atoms with Gasteiger partial charge in [-0.3, -0.25) is 0 Å². The smallest absolute Gasteiger partial charge is 0.124 e. The van der Waals surface area contributed by atoms with Gasteiger partial charge >= 0.3 is 0 Å². The van der Waals surface area contributed by atoms with Crippen molar-refractivity contribution in [1.82, 2.24) is 5.32 Å². The van der Waals surface area contributed by atoms with Crippen molar-refractivity contribution in [3.63, 3.8) is 0 Å². The molecule has 2 aromatic carbocycles. The summed E-state index contributed by atoms with van der Waals surface area (Å²) in [5, 5.41) is 4.77. The van der Waals surface area contributed by atoms with E-state index < -0.39 is 0 Å². The lowest BCUT2D eigenvalue weighted by Crippen LogP contribution is -2.14. The molecule has 2 nitrogen and oxygen atoms in total. The predicted octanol–water partition coefficient (Wildman–Crippen LogP) is 5.05. The fourth-order valence-electron chi connectivity index (χ4n) is 1.89. The number of hydrogen-bond donors (Lipinski definition) is 1. The van der Waals surface area contributed by atoms with Crippen molar-refractivity contribution in [2.75, 3.05) is 7.11 Å². The van der Waals surface area contributed by atoms with E-state index in [2.05, 4.69) is 21.2 Å². The lowest BCUT2D eigenvalue weighted by atomic mass is 10.2. The Kier molecular flexibility index (Phi) is 5.73. The van der Waals surface area contributed by atoms with Crippen LogP contribution in [0.2, 0.25) is 10.0 Å². The van der Waals surface area contributed by atoms with E-state index in [9.17, 15) is 0 Å². The molecular weight excluding hydrogens is 361 g/mol. The molecule has 0 bridgehead atoms. The molecule has 2 aromatic rings. The Bertz CT molecular complexity index is 604. The van der Waals surface area contributed by atoms with Crippen molar-refractivity contribution in [2.45, 2.75) is 13.1 Å². The molecule has 2 rings (SSSR count). The average molecular weight is 375 g/mol. The molecule has 0 aliphatic heterocycles. The molecule has 0 fully saturated rings. The molecule has 106 valence electrons. The summed E-state index contributed by atoms with van der Waals surface area (Å²) in [6.07, 6.45) is 0. The van der Waals surface area contributed by atoms with E-state index in [1.807, 2.05) is 36.4 Å². The summed E-state index contributed by atoms with van der Waals surface area (Å²) in [5.74, 6) is 0.792. The summed E-state index contributed by atoms with van der Waals surface area (Å²) in [4.78, 5) is 0. The van der Waals surface area contributed by atoms with E-state index >= 15 is 0 Å². The zero-order chi connectivity index (χ0) is 14.5. The van der Waals surface area contributed by atoms with Crippen molar-refractivity contribution in [3.05, 3.63) is 62.0 Å². The van der Waals surface area contributed by atoms with Crippen LogP contribution in [0.25, 0.3) is 0 Å². The first-order valence-electron chi connectivity index (χ1n) is 6.08. The van der Waals surface area contributed by atoms with Gasteiger partial charge in [-0.15, -0.1) is 0 Å². The summed E-state index contributed by atoms with van der Waals surface area (Å²) in [7, 11) is 1.64. The highest BCUT2D eigenvalue weighted by molar-refractivity contribution is 9.10. The van der Waals surface area contributed by atoms with Crippen LogP contribution in [-0.2, 0) is 13.1 Å². The van der Waals surface area contributed by atoms with Gasteiger partial charge in [0.1, 0.15) is 5.75 Å². The second-order valence-corrected chi connectivity index (χ2v) is 5.96. The first-order chi connectivity index (χ1) is 9.61. The lowest BCUT2D eigenvalue weighted by molar-refractivity contribution is 0.407. The van der Waals surface area contributed by atoms with E-state index in [4.69, 9.17) is 27.9 Å². The molecule has 0 saturated carbocycles. The minimum atomic E-state index is 0.637. The molecule has 20 heavy (non-hydrogen) atoms. The number of ether oxygens (including phenoxy) is 1. The van der Waals surface area contributed by atoms with Crippen LogP contribution in [0.1, 0.15) is 11.1 Å². The molecule has 5 heteroatoms. The third-order valence-electron chi connectivity index (χ3n) is 2.93. The van der Waals surface area contributed by atoms with Gasteiger partial charge in [0.05, 0.1) is 7.11 Å². The van der Waals surface area contributed by atoms with E-state index in [1.54, 1.807) is 7.11 Å². The number of hydrogen-bond acceptors (Lipinski definition) is 2. The molecule has 0 spiro atoms. The monoisotopic (exact) mass is 373 g/mol. The Morgan fingerprint density at radius 2 is 1.95 bits per heavy atom. The molecular formula is C15H14BrCl2NO. The third-order valence-corrected chi connectivity index (χ3v) is 4.26. The second-order valence-electron chi connectivity index (χ2n) is 4.26. The number of halogens is 3. The molecule has 0 unspecified atom stereocenters. The van der Waals surface area contributed by atoms with Crippen LogP contribution >= 0.6 is 39.1 Å². The van der Waals surface area contributed by atoms with Gasteiger partial charge in [0.25, 0.3) is 0 Å². The van der Waals surface area contributed by atoms with E-state index in [0.717, 1.165) is 21.3 Å². The fraction of sp³-hybridized carbons (Fsp3) is 0.200. The summed E-state index contributed by atoms with van der Waals surface area (Å²) in [6.45, 7) is 1.35. The molecule has 0 radical (unpaired) electrons. The van der Waals surface area contributed by atoms with Crippen LogP contribution in [0.5, 0.6) is 5.75 Å². The van der Waals surface area contributed by atoms with Crippen molar-refractivity contribution >= 4 is 39.1 Å². The van der Waals surface area contributed by atoms with Crippen LogP contribution in [0.4, 0.5) is 0 Å². The Labute approximate surface area is 137 Å². The Hall–Kier alpha value is -0.740. The molecule has 0 saturated heterocycles. The lowest BCUT2D eigenvalue weighted by Gasteiger charge is -2.12. The summed E-state index contributed by atoms with van der Waals surface area (Å²) in [5.41, 5.74) is 2.10. The number of methoxy groups -OCH3 is 1. The highest BCUT2D eigenvalue weighted by atomic mass is 79.9. The second kappa shape index (κ2) is 7.32.